The van der Waals surface area contributed by atoms with E-state index >= 15 is 0 Å². The third-order valence-electron chi connectivity index (χ3n) is 4.74. The molecule has 2 aromatic carbocycles. The van der Waals surface area contributed by atoms with E-state index in [1.165, 1.54) is 12.1 Å². The van der Waals surface area contributed by atoms with Crippen LogP contribution in [0.1, 0.15) is 11.3 Å². The van der Waals surface area contributed by atoms with Gasteiger partial charge < -0.3 is 10.6 Å². The Balaban J connectivity index is 1.64. The van der Waals surface area contributed by atoms with E-state index in [0.717, 1.165) is 16.9 Å². The minimum atomic E-state index is -3.70. The van der Waals surface area contributed by atoms with Gasteiger partial charge in [0.1, 0.15) is 5.69 Å². The number of rotatable bonds is 6. The Morgan fingerprint density at radius 3 is 2.33 bits per heavy atom. The predicted octanol–water partition coefficient (Wildman–Crippen LogP) is 1.66. The normalized spacial score (nSPS) is 11.3. The Morgan fingerprint density at radius 1 is 1.10 bits per heavy atom. The summed E-state index contributed by atoms with van der Waals surface area (Å²) < 4.78 is 26.0. The minimum absolute atomic E-state index is 0.0747. The molecule has 0 fully saturated rings. The van der Waals surface area contributed by atoms with Crippen molar-refractivity contribution in [1.82, 2.24) is 14.7 Å². The summed E-state index contributed by atoms with van der Waals surface area (Å²) >= 11 is 5.33. The highest BCUT2D eigenvalue weighted by atomic mass is 32.2. The molecular formula is C20H23N5O3S2. The van der Waals surface area contributed by atoms with Gasteiger partial charge in [0.05, 0.1) is 16.3 Å². The highest BCUT2D eigenvalue weighted by Gasteiger charge is 2.16. The first-order valence-corrected chi connectivity index (χ1v) is 11.1. The number of aromatic nitrogens is 2. The van der Waals surface area contributed by atoms with Gasteiger partial charge in [-0.3, -0.25) is 9.48 Å². The van der Waals surface area contributed by atoms with Crippen LogP contribution in [0.3, 0.4) is 0 Å². The lowest BCUT2D eigenvalue weighted by Crippen LogP contribution is -2.32. The predicted molar refractivity (Wildman–Crippen MR) is 121 cm³/mol. The van der Waals surface area contributed by atoms with E-state index in [0.29, 0.717) is 23.8 Å². The van der Waals surface area contributed by atoms with Crippen LogP contribution in [0, 0.1) is 6.92 Å². The topological polar surface area (TPSA) is 111 Å². The Labute approximate surface area is 180 Å². The second-order valence-electron chi connectivity index (χ2n) is 6.76. The van der Waals surface area contributed by atoms with Gasteiger partial charge in [0.25, 0.3) is 5.56 Å². The van der Waals surface area contributed by atoms with E-state index in [2.05, 4.69) is 10.6 Å². The van der Waals surface area contributed by atoms with Crippen molar-refractivity contribution in [3.8, 4) is 5.69 Å². The number of nitrogens with two attached hydrogens (primary N) is 1. The maximum atomic E-state index is 12.9. The number of anilines is 1. The Morgan fingerprint density at radius 2 is 1.73 bits per heavy atom. The summed E-state index contributed by atoms with van der Waals surface area (Å²) in [7, 11) is -1.88. The summed E-state index contributed by atoms with van der Waals surface area (Å²) in [5.41, 5.74) is 2.68. The fourth-order valence-corrected chi connectivity index (χ4v) is 3.76. The smallest absolute Gasteiger partial charge is 0.295 e. The van der Waals surface area contributed by atoms with Crippen LogP contribution in [0.15, 0.2) is 64.3 Å². The first-order valence-electron chi connectivity index (χ1n) is 9.19. The van der Waals surface area contributed by atoms with Gasteiger partial charge in [0.2, 0.25) is 10.0 Å². The van der Waals surface area contributed by atoms with Crippen LogP contribution < -0.4 is 21.3 Å². The van der Waals surface area contributed by atoms with Gasteiger partial charge in [-0.05, 0) is 55.4 Å². The van der Waals surface area contributed by atoms with E-state index in [1.807, 2.05) is 44.3 Å². The highest BCUT2D eigenvalue weighted by Crippen LogP contribution is 2.14. The van der Waals surface area contributed by atoms with Gasteiger partial charge in [0.15, 0.2) is 5.11 Å². The van der Waals surface area contributed by atoms with Crippen LogP contribution in [0.5, 0.6) is 0 Å². The molecule has 0 radical (unpaired) electrons. The Bertz CT molecular complexity index is 1210. The number of nitrogens with one attached hydrogen (secondary N) is 2. The molecule has 0 unspecified atom stereocenters. The summed E-state index contributed by atoms with van der Waals surface area (Å²) in [4.78, 5) is 13.0. The molecule has 10 heteroatoms. The molecule has 1 aromatic heterocycles. The van der Waals surface area contributed by atoms with Crippen LogP contribution >= 0.6 is 12.2 Å². The molecule has 0 aliphatic rings. The van der Waals surface area contributed by atoms with Crippen LogP contribution in [0.25, 0.3) is 5.69 Å². The number of thiocarbonyl (C=S) groups is 1. The van der Waals surface area contributed by atoms with Gasteiger partial charge in [-0.15, -0.1) is 0 Å². The van der Waals surface area contributed by atoms with Gasteiger partial charge in [-0.2, -0.15) is 0 Å². The van der Waals surface area contributed by atoms with Crippen molar-refractivity contribution in [2.24, 2.45) is 12.2 Å². The molecular weight excluding hydrogens is 422 g/mol. The standard InChI is InChI=1S/C20H23N5O3S2/c1-14-18(19(26)25(24(14)2)16-6-4-3-5-7-16)23-20(29)22-13-12-15-8-10-17(11-9-15)30(21,27)28/h3-11H,12-13H2,1-2H3,(H2,21,27,28)(H2,22,23,29). The van der Waals surface area contributed by atoms with Crippen molar-refractivity contribution in [2.75, 3.05) is 11.9 Å². The van der Waals surface area contributed by atoms with Crippen molar-refractivity contribution in [1.29, 1.82) is 0 Å². The molecule has 0 amide bonds. The molecule has 0 saturated heterocycles. The maximum Gasteiger partial charge on any atom is 0.295 e. The lowest BCUT2D eigenvalue weighted by atomic mass is 10.1. The summed E-state index contributed by atoms with van der Waals surface area (Å²) in [5.74, 6) is 0. The fourth-order valence-electron chi connectivity index (χ4n) is 3.04. The van der Waals surface area contributed by atoms with Crippen molar-refractivity contribution in [3.05, 3.63) is 76.2 Å². The largest absolute Gasteiger partial charge is 0.362 e. The number of hydrogen-bond acceptors (Lipinski definition) is 4. The number of hydrogen-bond donors (Lipinski definition) is 3. The molecule has 1 heterocycles. The average Bonchev–Trinajstić information content (AvgIpc) is 2.91. The molecule has 158 valence electrons. The van der Waals surface area contributed by atoms with Crippen LogP contribution in [-0.4, -0.2) is 29.4 Å². The van der Waals surface area contributed by atoms with Crippen molar-refractivity contribution in [2.45, 2.75) is 18.2 Å². The van der Waals surface area contributed by atoms with Crippen molar-refractivity contribution in [3.63, 3.8) is 0 Å². The zero-order chi connectivity index (χ0) is 21.9. The Hall–Kier alpha value is -2.95. The summed E-state index contributed by atoms with van der Waals surface area (Å²) in [6.07, 6.45) is 0.620. The van der Waals surface area contributed by atoms with E-state index in [4.69, 9.17) is 17.4 Å². The first kappa shape index (κ1) is 21.8. The maximum absolute atomic E-state index is 12.9. The number of nitrogens with zero attached hydrogens (tertiary/aromatic N) is 2. The zero-order valence-electron chi connectivity index (χ0n) is 16.6. The number of benzene rings is 2. The molecule has 0 saturated carbocycles. The van der Waals surface area contributed by atoms with Gasteiger partial charge >= 0.3 is 0 Å². The SMILES string of the molecule is Cc1c(NC(=S)NCCc2ccc(S(N)(=O)=O)cc2)c(=O)n(-c2ccccc2)n1C. The second kappa shape index (κ2) is 8.82. The van der Waals surface area contributed by atoms with Gasteiger partial charge in [-0.25, -0.2) is 18.2 Å². The Kier molecular flexibility index (Phi) is 6.40. The van der Waals surface area contributed by atoms with Crippen molar-refractivity contribution >= 4 is 33.0 Å². The minimum Gasteiger partial charge on any atom is -0.362 e. The van der Waals surface area contributed by atoms with Gasteiger partial charge in [-0.1, -0.05) is 30.3 Å². The molecule has 0 aliphatic carbocycles. The van der Waals surface area contributed by atoms with E-state index in [-0.39, 0.29) is 10.5 Å². The molecule has 0 atom stereocenters. The second-order valence-corrected chi connectivity index (χ2v) is 8.73. The summed E-state index contributed by atoms with van der Waals surface area (Å²) in [6.45, 7) is 2.36. The molecule has 8 nitrogen and oxygen atoms in total. The molecule has 0 bridgehead atoms. The number of para-hydroxylation sites is 1. The summed E-state index contributed by atoms with van der Waals surface area (Å²) in [6, 6.07) is 15.7. The highest BCUT2D eigenvalue weighted by molar-refractivity contribution is 7.89. The zero-order valence-corrected chi connectivity index (χ0v) is 18.3. The third-order valence-corrected chi connectivity index (χ3v) is 5.92. The lowest BCUT2D eigenvalue weighted by molar-refractivity contribution is 0.598. The summed E-state index contributed by atoms with van der Waals surface area (Å²) in [5, 5.41) is 11.5. The molecule has 30 heavy (non-hydrogen) atoms. The van der Waals surface area contributed by atoms with Crippen LogP contribution in [0.4, 0.5) is 5.69 Å². The van der Waals surface area contributed by atoms with E-state index in [1.54, 1.807) is 21.5 Å². The average molecular weight is 446 g/mol. The fraction of sp³-hybridized carbons (Fsp3) is 0.200. The third kappa shape index (κ3) is 4.78. The molecule has 0 spiro atoms. The molecule has 0 aliphatic heterocycles. The molecule has 3 aromatic rings. The molecule has 3 rings (SSSR count). The monoisotopic (exact) mass is 445 g/mol. The lowest BCUT2D eigenvalue weighted by Gasteiger charge is -2.10. The molecule has 4 N–H and O–H groups in total. The van der Waals surface area contributed by atoms with Crippen LogP contribution in [0.2, 0.25) is 0 Å². The number of primary sulfonamides is 1. The first-order chi connectivity index (χ1) is 14.2. The van der Waals surface area contributed by atoms with Gasteiger partial charge in [0, 0.05) is 13.6 Å². The van der Waals surface area contributed by atoms with Crippen LogP contribution in [-0.2, 0) is 23.5 Å². The quantitative estimate of drug-likeness (QED) is 0.498. The number of sulfonamides is 1. The van der Waals surface area contributed by atoms with Crippen molar-refractivity contribution < 1.29 is 8.42 Å². The van der Waals surface area contributed by atoms with E-state index in [9.17, 15) is 13.2 Å². The van der Waals surface area contributed by atoms with E-state index < -0.39 is 10.0 Å².